The highest BCUT2D eigenvalue weighted by Gasteiger charge is 1.81. The Labute approximate surface area is 45.7 Å². The van der Waals surface area contributed by atoms with E-state index in [1.165, 1.54) is 0 Å². The lowest BCUT2D eigenvalue weighted by molar-refractivity contribution is 0.232. The Morgan fingerprint density at radius 2 is 2.29 bits per heavy atom. The molecule has 0 rings (SSSR count). The molecule has 0 saturated heterocycles. The monoisotopic (exact) mass is 101 g/mol. The molecule has 1 atom stereocenters. The summed E-state index contributed by atoms with van der Waals surface area (Å²) in [6.07, 6.45) is 1.16. The van der Waals surface area contributed by atoms with Crippen LogP contribution in [-0.2, 0) is 4.74 Å². The van der Waals surface area contributed by atoms with E-state index in [0.29, 0.717) is 5.92 Å². The zero-order valence-electron chi connectivity index (χ0n) is 5.27. The molecule has 0 aromatic carbocycles. The number of methoxy groups -OCH3 is 1. The van der Waals surface area contributed by atoms with E-state index in [0.717, 1.165) is 6.42 Å². The van der Waals surface area contributed by atoms with Gasteiger partial charge in [-0.05, 0) is 7.11 Å². The fourth-order valence-corrected chi connectivity index (χ4v) is 0.329. The quantitative estimate of drug-likeness (QED) is 0.493. The summed E-state index contributed by atoms with van der Waals surface area (Å²) in [5.41, 5.74) is 0. The summed E-state index contributed by atoms with van der Waals surface area (Å²) in [4.78, 5) is 0. The van der Waals surface area contributed by atoms with Gasteiger partial charge in [-0.25, -0.2) is 6.61 Å². The van der Waals surface area contributed by atoms with Crippen LogP contribution in [0.1, 0.15) is 20.3 Å². The van der Waals surface area contributed by atoms with Gasteiger partial charge in [0.2, 0.25) is 0 Å². The van der Waals surface area contributed by atoms with Crippen LogP contribution in [0.25, 0.3) is 0 Å². The standard InChI is InChI=1S/C6H13O/c1-4-6(2)5-7-3/h5-6H,4H2,1-3H3/q-1. The zero-order chi connectivity index (χ0) is 5.70. The van der Waals surface area contributed by atoms with Crippen molar-refractivity contribution in [2.75, 3.05) is 7.11 Å². The molecule has 0 aliphatic carbocycles. The Morgan fingerprint density at radius 1 is 1.71 bits per heavy atom. The van der Waals surface area contributed by atoms with Crippen LogP contribution in [0.5, 0.6) is 0 Å². The lowest BCUT2D eigenvalue weighted by Gasteiger charge is -2.17. The molecule has 0 radical (unpaired) electrons. The van der Waals surface area contributed by atoms with Crippen LogP contribution in [0, 0.1) is 12.5 Å². The van der Waals surface area contributed by atoms with Crippen molar-refractivity contribution < 1.29 is 4.74 Å². The predicted octanol–water partition coefficient (Wildman–Crippen LogP) is 1.84. The van der Waals surface area contributed by atoms with E-state index in [4.69, 9.17) is 4.74 Å². The van der Waals surface area contributed by atoms with Crippen LogP contribution in [0.4, 0.5) is 0 Å². The molecule has 0 heterocycles. The Balaban J connectivity index is 2.83. The average Bonchev–Trinajstić information content (AvgIpc) is 1.68. The molecule has 0 N–H and O–H groups in total. The first-order valence-electron chi connectivity index (χ1n) is 2.67. The van der Waals surface area contributed by atoms with Crippen molar-refractivity contribution in [3.63, 3.8) is 0 Å². The van der Waals surface area contributed by atoms with Crippen LogP contribution in [0.3, 0.4) is 0 Å². The molecule has 0 saturated carbocycles. The summed E-state index contributed by atoms with van der Waals surface area (Å²) in [6, 6.07) is 0. The number of hydrogen-bond acceptors (Lipinski definition) is 1. The number of ether oxygens (including phenoxy) is 1. The van der Waals surface area contributed by atoms with Crippen molar-refractivity contribution in [1.82, 2.24) is 0 Å². The molecule has 1 nitrogen and oxygen atoms in total. The average molecular weight is 101 g/mol. The van der Waals surface area contributed by atoms with Gasteiger partial charge in [0.25, 0.3) is 0 Å². The van der Waals surface area contributed by atoms with Crippen molar-refractivity contribution in [1.29, 1.82) is 0 Å². The molecule has 0 aromatic rings. The van der Waals surface area contributed by atoms with Gasteiger partial charge in [0.15, 0.2) is 0 Å². The topological polar surface area (TPSA) is 9.23 Å². The van der Waals surface area contributed by atoms with Gasteiger partial charge >= 0.3 is 0 Å². The molecule has 44 valence electrons. The lowest BCUT2D eigenvalue weighted by atomic mass is 10.1. The second-order valence-corrected chi connectivity index (χ2v) is 1.76. The maximum Gasteiger partial charge on any atom is -0.000840 e. The highest BCUT2D eigenvalue weighted by atomic mass is 16.5. The van der Waals surface area contributed by atoms with Crippen molar-refractivity contribution >= 4 is 0 Å². The van der Waals surface area contributed by atoms with Gasteiger partial charge in [-0.1, -0.05) is 20.3 Å². The fraction of sp³-hybridized carbons (Fsp3) is 0.833. The Morgan fingerprint density at radius 3 is 2.43 bits per heavy atom. The third kappa shape index (κ3) is 3.80. The molecule has 0 amide bonds. The summed E-state index contributed by atoms with van der Waals surface area (Å²) >= 11 is 0. The SMILES string of the molecule is CCC(C)[CH-]OC. The van der Waals surface area contributed by atoms with Gasteiger partial charge in [-0.15, -0.1) is 5.92 Å². The maximum atomic E-state index is 4.77. The summed E-state index contributed by atoms with van der Waals surface area (Å²) in [5, 5.41) is 0. The molecule has 0 aromatic heterocycles. The molecule has 1 unspecified atom stereocenters. The minimum Gasteiger partial charge on any atom is -0.554 e. The molecular weight excluding hydrogens is 88.1 g/mol. The molecule has 7 heavy (non-hydrogen) atoms. The Hall–Kier alpha value is -0.0400. The molecule has 0 fully saturated rings. The summed E-state index contributed by atoms with van der Waals surface area (Å²) in [5.74, 6) is 0.602. The third-order valence-corrected chi connectivity index (χ3v) is 1.01. The molecule has 0 spiro atoms. The molecule has 0 aliphatic heterocycles. The van der Waals surface area contributed by atoms with Crippen molar-refractivity contribution in [3.05, 3.63) is 6.61 Å². The highest BCUT2D eigenvalue weighted by molar-refractivity contribution is 4.57. The van der Waals surface area contributed by atoms with Crippen molar-refractivity contribution in [3.8, 4) is 0 Å². The second-order valence-electron chi connectivity index (χ2n) is 1.76. The third-order valence-electron chi connectivity index (χ3n) is 1.01. The van der Waals surface area contributed by atoms with Gasteiger partial charge in [0, 0.05) is 0 Å². The first kappa shape index (κ1) is 6.96. The Bertz CT molecular complexity index is 35.2. The fourth-order valence-electron chi connectivity index (χ4n) is 0.329. The molecule has 0 aliphatic rings. The van der Waals surface area contributed by atoms with Gasteiger partial charge in [-0.2, -0.15) is 0 Å². The first-order chi connectivity index (χ1) is 3.31. The smallest absolute Gasteiger partial charge is 0.000840 e. The van der Waals surface area contributed by atoms with Crippen molar-refractivity contribution in [2.24, 2.45) is 5.92 Å². The summed E-state index contributed by atoms with van der Waals surface area (Å²) < 4.78 is 4.77. The molecular formula is C6H13O-. The van der Waals surface area contributed by atoms with Crippen LogP contribution in [0.2, 0.25) is 0 Å². The zero-order valence-corrected chi connectivity index (χ0v) is 5.27. The van der Waals surface area contributed by atoms with Crippen LogP contribution >= 0.6 is 0 Å². The first-order valence-corrected chi connectivity index (χ1v) is 2.67. The summed E-state index contributed by atoms with van der Waals surface area (Å²) in [7, 11) is 1.69. The van der Waals surface area contributed by atoms with E-state index in [9.17, 15) is 0 Å². The van der Waals surface area contributed by atoms with E-state index in [1.54, 1.807) is 7.11 Å². The van der Waals surface area contributed by atoms with Gasteiger partial charge in [0.1, 0.15) is 0 Å². The van der Waals surface area contributed by atoms with Gasteiger partial charge in [-0.3, -0.25) is 0 Å². The minimum atomic E-state index is 0.602. The van der Waals surface area contributed by atoms with E-state index in [-0.39, 0.29) is 0 Å². The van der Waals surface area contributed by atoms with Crippen LogP contribution in [-0.4, -0.2) is 7.11 Å². The molecule has 1 heteroatoms. The largest absolute Gasteiger partial charge is 0.554 e. The van der Waals surface area contributed by atoms with Gasteiger partial charge in [0.05, 0.1) is 0 Å². The van der Waals surface area contributed by atoms with E-state index >= 15 is 0 Å². The van der Waals surface area contributed by atoms with Crippen molar-refractivity contribution in [2.45, 2.75) is 20.3 Å². The van der Waals surface area contributed by atoms with Gasteiger partial charge < -0.3 is 4.74 Å². The van der Waals surface area contributed by atoms with E-state index in [2.05, 4.69) is 13.8 Å². The molecule has 0 bridgehead atoms. The predicted molar refractivity (Wildman–Crippen MR) is 30.8 cm³/mol. The lowest BCUT2D eigenvalue weighted by Crippen LogP contribution is -1.93. The number of hydrogen-bond donors (Lipinski definition) is 0. The van der Waals surface area contributed by atoms with Crippen LogP contribution < -0.4 is 0 Å². The van der Waals surface area contributed by atoms with E-state index in [1.807, 2.05) is 6.61 Å². The maximum absolute atomic E-state index is 4.77. The minimum absolute atomic E-state index is 0.602. The second kappa shape index (κ2) is 4.13. The number of rotatable bonds is 3. The Kier molecular flexibility index (Phi) is 4.10. The van der Waals surface area contributed by atoms with Crippen LogP contribution in [0.15, 0.2) is 0 Å². The highest BCUT2D eigenvalue weighted by Crippen LogP contribution is 2.03. The normalized spacial score (nSPS) is 14.1. The van der Waals surface area contributed by atoms with E-state index < -0.39 is 0 Å². The summed E-state index contributed by atoms with van der Waals surface area (Å²) in [6.45, 7) is 6.11.